The Balaban J connectivity index is 1.57. The highest BCUT2D eigenvalue weighted by molar-refractivity contribution is 7.80. The van der Waals surface area contributed by atoms with Crippen molar-refractivity contribution in [1.82, 2.24) is 5.43 Å². The highest BCUT2D eigenvalue weighted by atomic mass is 32.1. The number of carbonyl (C=O) groups excluding carboxylic acids is 1. The minimum Gasteiger partial charge on any atom is -0.422 e. The Hall–Kier alpha value is -4.03. The van der Waals surface area contributed by atoms with Crippen molar-refractivity contribution in [3.63, 3.8) is 0 Å². The summed E-state index contributed by atoms with van der Waals surface area (Å²) in [6.45, 7) is 3.95. The second-order valence-corrected chi connectivity index (χ2v) is 8.06. The van der Waals surface area contributed by atoms with Crippen molar-refractivity contribution in [2.45, 2.75) is 13.8 Å². The predicted molar refractivity (Wildman–Crippen MR) is 138 cm³/mol. The van der Waals surface area contributed by atoms with Gasteiger partial charge in [-0.2, -0.15) is 5.10 Å². The van der Waals surface area contributed by atoms with E-state index in [4.69, 9.17) is 17.0 Å². The van der Waals surface area contributed by atoms with E-state index in [1.165, 1.54) is 0 Å². The number of aryl methyl sites for hydroxylation is 2. The second-order valence-electron chi connectivity index (χ2n) is 7.65. The Bertz CT molecular complexity index is 1360. The molecule has 0 saturated carbocycles. The summed E-state index contributed by atoms with van der Waals surface area (Å²) in [5.41, 5.74) is 7.00. The molecule has 0 amide bonds. The van der Waals surface area contributed by atoms with Crippen LogP contribution in [0, 0.1) is 13.8 Å². The van der Waals surface area contributed by atoms with E-state index in [0.29, 0.717) is 22.0 Å². The lowest BCUT2D eigenvalue weighted by atomic mass is 10.0. The molecule has 4 rings (SSSR count). The van der Waals surface area contributed by atoms with Crippen LogP contribution in [0.15, 0.2) is 90.0 Å². The molecule has 0 aliphatic rings. The second kappa shape index (κ2) is 10.1. The largest absolute Gasteiger partial charge is 0.422 e. The summed E-state index contributed by atoms with van der Waals surface area (Å²) in [7, 11) is 0. The van der Waals surface area contributed by atoms with E-state index in [0.717, 1.165) is 27.6 Å². The molecule has 0 spiro atoms. The SMILES string of the molecule is Cc1cccc(NC(=S)N/N=C/c2c(OC(=O)c3cccc(C)c3)ccc3ccccc23)c1. The summed E-state index contributed by atoms with van der Waals surface area (Å²) >= 11 is 5.35. The summed E-state index contributed by atoms with van der Waals surface area (Å²) < 4.78 is 5.75. The molecule has 4 aromatic carbocycles. The van der Waals surface area contributed by atoms with Gasteiger partial charge in [-0.05, 0) is 72.7 Å². The molecule has 0 aliphatic heterocycles. The fraction of sp³-hybridized carbons (Fsp3) is 0.0741. The van der Waals surface area contributed by atoms with Crippen LogP contribution in [-0.2, 0) is 0 Å². The van der Waals surface area contributed by atoms with Crippen LogP contribution in [0.2, 0.25) is 0 Å². The lowest BCUT2D eigenvalue weighted by molar-refractivity contribution is 0.0734. The zero-order chi connectivity index (χ0) is 23.2. The Morgan fingerprint density at radius 1 is 0.909 bits per heavy atom. The van der Waals surface area contributed by atoms with E-state index in [1.54, 1.807) is 24.4 Å². The van der Waals surface area contributed by atoms with E-state index in [2.05, 4.69) is 15.8 Å². The van der Waals surface area contributed by atoms with Crippen LogP contribution in [0.3, 0.4) is 0 Å². The third-order valence-corrected chi connectivity index (χ3v) is 5.22. The molecule has 0 heterocycles. The number of hydrogen-bond donors (Lipinski definition) is 2. The molecule has 0 radical (unpaired) electrons. The predicted octanol–water partition coefficient (Wildman–Crippen LogP) is 6.00. The van der Waals surface area contributed by atoms with Crippen molar-refractivity contribution in [3.05, 3.63) is 107 Å². The number of nitrogens with zero attached hydrogens (tertiary/aromatic N) is 1. The standard InChI is InChI=1S/C27H23N3O2S/c1-18-7-5-10-21(15-18)26(31)32-25-14-13-20-9-3-4-12-23(20)24(25)17-28-30-27(33)29-22-11-6-8-19(2)16-22/h3-17H,1-2H3,(H2,29,30,33)/b28-17+. The van der Waals surface area contributed by atoms with Gasteiger partial charge in [0.05, 0.1) is 11.8 Å². The molecule has 0 atom stereocenters. The van der Waals surface area contributed by atoms with Gasteiger partial charge in [0, 0.05) is 11.3 Å². The molecule has 0 unspecified atom stereocenters. The topological polar surface area (TPSA) is 62.7 Å². The summed E-state index contributed by atoms with van der Waals surface area (Å²) in [4.78, 5) is 12.8. The number of esters is 1. The van der Waals surface area contributed by atoms with Gasteiger partial charge < -0.3 is 10.1 Å². The molecule has 164 valence electrons. The van der Waals surface area contributed by atoms with Gasteiger partial charge >= 0.3 is 5.97 Å². The smallest absolute Gasteiger partial charge is 0.343 e. The lowest BCUT2D eigenvalue weighted by Crippen LogP contribution is -2.23. The molecular weight excluding hydrogens is 430 g/mol. The average Bonchev–Trinajstić information content (AvgIpc) is 2.80. The van der Waals surface area contributed by atoms with E-state index < -0.39 is 5.97 Å². The summed E-state index contributed by atoms with van der Waals surface area (Å²) in [6.07, 6.45) is 1.62. The molecule has 2 N–H and O–H groups in total. The van der Waals surface area contributed by atoms with Gasteiger partial charge in [-0.1, -0.05) is 60.2 Å². The van der Waals surface area contributed by atoms with Crippen molar-refractivity contribution in [2.24, 2.45) is 5.10 Å². The molecule has 0 aromatic heterocycles. The molecule has 0 aliphatic carbocycles. The van der Waals surface area contributed by atoms with Crippen molar-refractivity contribution in [3.8, 4) is 5.75 Å². The number of hydrogen-bond acceptors (Lipinski definition) is 4. The normalized spacial score (nSPS) is 10.8. The Morgan fingerprint density at radius 2 is 1.67 bits per heavy atom. The van der Waals surface area contributed by atoms with E-state index in [-0.39, 0.29) is 0 Å². The van der Waals surface area contributed by atoms with Gasteiger partial charge in [0.2, 0.25) is 0 Å². The van der Waals surface area contributed by atoms with Crippen molar-refractivity contribution in [2.75, 3.05) is 5.32 Å². The quantitative estimate of drug-likeness (QED) is 0.128. The molecule has 6 heteroatoms. The van der Waals surface area contributed by atoms with Crippen LogP contribution in [-0.4, -0.2) is 17.3 Å². The molecule has 5 nitrogen and oxygen atoms in total. The van der Waals surface area contributed by atoms with Crippen molar-refractivity contribution in [1.29, 1.82) is 0 Å². The number of carbonyl (C=O) groups is 1. The number of nitrogens with one attached hydrogen (secondary N) is 2. The maximum Gasteiger partial charge on any atom is 0.343 e. The summed E-state index contributed by atoms with van der Waals surface area (Å²) in [6, 6.07) is 26.7. The van der Waals surface area contributed by atoms with Crippen LogP contribution >= 0.6 is 12.2 Å². The van der Waals surface area contributed by atoms with E-state index in [1.807, 2.05) is 80.6 Å². The molecule has 4 aromatic rings. The van der Waals surface area contributed by atoms with Crippen LogP contribution in [0.1, 0.15) is 27.0 Å². The Labute approximate surface area is 198 Å². The average molecular weight is 454 g/mol. The first-order valence-corrected chi connectivity index (χ1v) is 10.9. The third kappa shape index (κ3) is 5.61. The van der Waals surface area contributed by atoms with Crippen molar-refractivity contribution >= 4 is 46.0 Å². The Morgan fingerprint density at radius 3 is 2.45 bits per heavy atom. The van der Waals surface area contributed by atoms with Crippen LogP contribution in [0.5, 0.6) is 5.75 Å². The molecule has 0 saturated heterocycles. The van der Waals surface area contributed by atoms with E-state index in [9.17, 15) is 4.79 Å². The van der Waals surface area contributed by atoms with Gasteiger partial charge in [0.15, 0.2) is 5.11 Å². The van der Waals surface area contributed by atoms with Gasteiger partial charge in [0.1, 0.15) is 5.75 Å². The number of hydrazone groups is 1. The fourth-order valence-electron chi connectivity index (χ4n) is 3.47. The first-order valence-electron chi connectivity index (χ1n) is 10.5. The molecular formula is C27H23N3O2S. The van der Waals surface area contributed by atoms with Gasteiger partial charge in [-0.15, -0.1) is 0 Å². The number of rotatable bonds is 5. The number of benzene rings is 4. The zero-order valence-electron chi connectivity index (χ0n) is 18.3. The van der Waals surface area contributed by atoms with E-state index >= 15 is 0 Å². The van der Waals surface area contributed by atoms with Crippen LogP contribution in [0.25, 0.3) is 10.8 Å². The molecule has 0 bridgehead atoms. The molecule has 33 heavy (non-hydrogen) atoms. The first-order chi connectivity index (χ1) is 16.0. The number of fused-ring (bicyclic) bond motifs is 1. The van der Waals surface area contributed by atoms with Gasteiger partial charge in [-0.3, -0.25) is 5.43 Å². The molecule has 0 fully saturated rings. The minimum atomic E-state index is -0.423. The van der Waals surface area contributed by atoms with Crippen molar-refractivity contribution < 1.29 is 9.53 Å². The van der Waals surface area contributed by atoms with Crippen LogP contribution < -0.4 is 15.5 Å². The highest BCUT2D eigenvalue weighted by Crippen LogP contribution is 2.27. The minimum absolute atomic E-state index is 0.357. The number of anilines is 1. The lowest BCUT2D eigenvalue weighted by Gasteiger charge is -2.11. The highest BCUT2D eigenvalue weighted by Gasteiger charge is 2.13. The third-order valence-electron chi connectivity index (χ3n) is 5.02. The van der Waals surface area contributed by atoms with Gasteiger partial charge in [0.25, 0.3) is 0 Å². The maximum absolute atomic E-state index is 12.8. The van der Waals surface area contributed by atoms with Gasteiger partial charge in [-0.25, -0.2) is 4.79 Å². The first kappa shape index (κ1) is 22.2. The number of thiocarbonyl (C=S) groups is 1. The number of ether oxygens (including phenoxy) is 1. The zero-order valence-corrected chi connectivity index (χ0v) is 19.1. The fourth-order valence-corrected chi connectivity index (χ4v) is 3.64. The summed E-state index contributed by atoms with van der Waals surface area (Å²) in [5, 5.41) is 9.67. The summed E-state index contributed by atoms with van der Waals surface area (Å²) in [5.74, 6) is -0.00320. The monoisotopic (exact) mass is 453 g/mol. The Kier molecular flexibility index (Phi) is 6.76. The maximum atomic E-state index is 12.8. The van der Waals surface area contributed by atoms with Crippen LogP contribution in [0.4, 0.5) is 5.69 Å².